The molecule has 0 bridgehead atoms. The van der Waals surface area contributed by atoms with Gasteiger partial charge in [-0.2, -0.15) is 0 Å². The van der Waals surface area contributed by atoms with Gasteiger partial charge in [0.25, 0.3) is 0 Å². The Labute approximate surface area is 83.8 Å². The fraction of sp³-hybridized carbons (Fsp3) is 0.778. The molecule has 82 valence electrons. The molecular weight excluding hydrogens is 184 g/mol. The van der Waals surface area contributed by atoms with Gasteiger partial charge >= 0.3 is 11.9 Å². The van der Waals surface area contributed by atoms with Crippen LogP contribution < -0.4 is 11.5 Å². The first-order valence-corrected chi connectivity index (χ1v) is 4.81. The Morgan fingerprint density at radius 3 is 2.36 bits per heavy atom. The lowest BCUT2D eigenvalue weighted by atomic mass is 10.2. The summed E-state index contributed by atoms with van der Waals surface area (Å²) in [4.78, 5) is 21.9. The molecule has 0 heterocycles. The summed E-state index contributed by atoms with van der Waals surface area (Å²) in [6.45, 7) is 2.03. The smallest absolute Gasteiger partial charge is 0.316 e. The summed E-state index contributed by atoms with van der Waals surface area (Å²) in [6.07, 6.45) is 2.12. The minimum absolute atomic E-state index is 0.125. The first kappa shape index (κ1) is 13.1. The van der Waals surface area contributed by atoms with E-state index in [-0.39, 0.29) is 12.8 Å². The number of unbranched alkanes of at least 4 members (excludes halogenated alkanes) is 2. The van der Waals surface area contributed by atoms with E-state index in [9.17, 15) is 9.59 Å². The Morgan fingerprint density at radius 1 is 1.21 bits per heavy atom. The highest BCUT2D eigenvalue weighted by Crippen LogP contribution is 2.01. The Bertz CT molecular complexity index is 192. The molecule has 0 aromatic carbocycles. The standard InChI is InChI=1S/C9H18N2O3/c1-2-3-4-5-8(12)14-9(13)6-7(10)11/h7H,2-6,10-11H2,1H3. The lowest BCUT2D eigenvalue weighted by Gasteiger charge is -2.04. The molecule has 0 amide bonds. The summed E-state index contributed by atoms with van der Waals surface area (Å²) in [7, 11) is 0. The molecule has 0 aliphatic heterocycles. The van der Waals surface area contributed by atoms with Crippen molar-refractivity contribution >= 4 is 11.9 Å². The Balaban J connectivity index is 3.56. The van der Waals surface area contributed by atoms with E-state index < -0.39 is 18.1 Å². The van der Waals surface area contributed by atoms with Crippen LogP contribution in [-0.4, -0.2) is 18.1 Å². The van der Waals surface area contributed by atoms with Crippen molar-refractivity contribution in [2.24, 2.45) is 11.5 Å². The molecule has 0 atom stereocenters. The van der Waals surface area contributed by atoms with E-state index in [2.05, 4.69) is 4.74 Å². The van der Waals surface area contributed by atoms with Gasteiger partial charge in [-0.05, 0) is 6.42 Å². The zero-order chi connectivity index (χ0) is 11.0. The van der Waals surface area contributed by atoms with Crippen LogP contribution >= 0.6 is 0 Å². The summed E-state index contributed by atoms with van der Waals surface area (Å²) < 4.78 is 4.47. The number of rotatable bonds is 6. The van der Waals surface area contributed by atoms with Crippen LogP contribution in [0.2, 0.25) is 0 Å². The fourth-order valence-corrected chi connectivity index (χ4v) is 0.931. The van der Waals surface area contributed by atoms with E-state index in [0.29, 0.717) is 0 Å². The Kier molecular flexibility index (Phi) is 6.96. The molecule has 0 spiro atoms. The molecule has 0 aromatic heterocycles. The Hall–Kier alpha value is -0.940. The van der Waals surface area contributed by atoms with Gasteiger partial charge in [-0.3, -0.25) is 9.59 Å². The van der Waals surface area contributed by atoms with Crippen molar-refractivity contribution in [2.75, 3.05) is 0 Å². The highest BCUT2D eigenvalue weighted by Gasteiger charge is 2.11. The summed E-state index contributed by atoms with van der Waals surface area (Å²) >= 11 is 0. The first-order valence-electron chi connectivity index (χ1n) is 4.81. The Morgan fingerprint density at radius 2 is 1.86 bits per heavy atom. The van der Waals surface area contributed by atoms with Crippen LogP contribution in [0.3, 0.4) is 0 Å². The van der Waals surface area contributed by atoms with E-state index in [1.165, 1.54) is 0 Å². The van der Waals surface area contributed by atoms with Gasteiger partial charge in [0.05, 0.1) is 12.6 Å². The van der Waals surface area contributed by atoms with Crippen LogP contribution in [0.5, 0.6) is 0 Å². The van der Waals surface area contributed by atoms with E-state index >= 15 is 0 Å². The molecule has 0 rings (SSSR count). The van der Waals surface area contributed by atoms with Crippen molar-refractivity contribution in [1.29, 1.82) is 0 Å². The molecule has 0 fully saturated rings. The third-order valence-electron chi connectivity index (χ3n) is 1.61. The van der Waals surface area contributed by atoms with E-state index in [4.69, 9.17) is 11.5 Å². The quantitative estimate of drug-likeness (QED) is 0.279. The predicted molar refractivity (Wildman–Crippen MR) is 52.0 cm³/mol. The minimum Gasteiger partial charge on any atom is -0.393 e. The van der Waals surface area contributed by atoms with Gasteiger partial charge in [-0.15, -0.1) is 0 Å². The lowest BCUT2D eigenvalue weighted by Crippen LogP contribution is -2.34. The molecule has 0 radical (unpaired) electrons. The largest absolute Gasteiger partial charge is 0.393 e. The monoisotopic (exact) mass is 202 g/mol. The van der Waals surface area contributed by atoms with Crippen LogP contribution in [0.15, 0.2) is 0 Å². The van der Waals surface area contributed by atoms with Crippen molar-refractivity contribution in [1.82, 2.24) is 0 Å². The third-order valence-corrected chi connectivity index (χ3v) is 1.61. The normalized spacial score (nSPS) is 10.3. The maximum Gasteiger partial charge on any atom is 0.316 e. The number of ether oxygens (including phenoxy) is 1. The van der Waals surface area contributed by atoms with E-state index in [1.807, 2.05) is 6.92 Å². The number of nitrogens with two attached hydrogens (primary N) is 2. The summed E-state index contributed by atoms with van der Waals surface area (Å²) in [6, 6.07) is 0. The van der Waals surface area contributed by atoms with Crippen molar-refractivity contribution in [3.8, 4) is 0 Å². The van der Waals surface area contributed by atoms with Gasteiger partial charge in [-0.1, -0.05) is 19.8 Å². The lowest BCUT2D eigenvalue weighted by molar-refractivity contribution is -0.159. The maximum absolute atomic E-state index is 11.0. The van der Waals surface area contributed by atoms with Gasteiger partial charge in [0.2, 0.25) is 0 Å². The molecule has 5 nitrogen and oxygen atoms in total. The minimum atomic E-state index is -0.758. The molecule has 0 aliphatic rings. The molecule has 0 saturated heterocycles. The molecule has 0 unspecified atom stereocenters. The van der Waals surface area contributed by atoms with Gasteiger partial charge in [0.1, 0.15) is 0 Å². The first-order chi connectivity index (χ1) is 6.56. The van der Waals surface area contributed by atoms with Crippen molar-refractivity contribution in [2.45, 2.75) is 45.2 Å². The van der Waals surface area contributed by atoms with E-state index in [1.54, 1.807) is 0 Å². The molecule has 5 heteroatoms. The van der Waals surface area contributed by atoms with Gasteiger partial charge in [0, 0.05) is 6.42 Å². The van der Waals surface area contributed by atoms with Crippen LogP contribution in [0.25, 0.3) is 0 Å². The van der Waals surface area contributed by atoms with Crippen molar-refractivity contribution in [3.05, 3.63) is 0 Å². The average Bonchev–Trinajstić information content (AvgIpc) is 2.02. The fourth-order valence-electron chi connectivity index (χ4n) is 0.931. The number of hydrogen-bond acceptors (Lipinski definition) is 5. The topological polar surface area (TPSA) is 95.4 Å². The maximum atomic E-state index is 11.0. The van der Waals surface area contributed by atoms with Crippen molar-refractivity contribution < 1.29 is 14.3 Å². The van der Waals surface area contributed by atoms with Gasteiger partial charge in [0.15, 0.2) is 0 Å². The summed E-state index contributed by atoms with van der Waals surface area (Å²) in [5.74, 6) is -1.15. The van der Waals surface area contributed by atoms with E-state index in [0.717, 1.165) is 19.3 Å². The second-order valence-electron chi connectivity index (χ2n) is 3.17. The zero-order valence-electron chi connectivity index (χ0n) is 8.49. The zero-order valence-corrected chi connectivity index (χ0v) is 8.49. The van der Waals surface area contributed by atoms with Crippen LogP contribution in [-0.2, 0) is 14.3 Å². The number of carbonyl (C=O) groups is 2. The molecule has 4 N–H and O–H groups in total. The second kappa shape index (κ2) is 7.46. The number of hydrogen-bond donors (Lipinski definition) is 2. The average molecular weight is 202 g/mol. The van der Waals surface area contributed by atoms with Gasteiger partial charge in [-0.25, -0.2) is 0 Å². The highest BCUT2D eigenvalue weighted by molar-refractivity contribution is 5.85. The molecule has 0 aliphatic carbocycles. The third kappa shape index (κ3) is 7.70. The summed E-state index contributed by atoms with van der Waals surface area (Å²) in [5.41, 5.74) is 10.3. The van der Waals surface area contributed by atoms with Crippen LogP contribution in [0, 0.1) is 0 Å². The van der Waals surface area contributed by atoms with Crippen molar-refractivity contribution in [3.63, 3.8) is 0 Å². The predicted octanol–water partition coefficient (Wildman–Crippen LogP) is 0.270. The summed E-state index contributed by atoms with van der Waals surface area (Å²) in [5, 5.41) is 0. The van der Waals surface area contributed by atoms with Crippen LogP contribution in [0.1, 0.15) is 39.0 Å². The molecule has 0 saturated carbocycles. The molecule has 0 aromatic rings. The van der Waals surface area contributed by atoms with Crippen LogP contribution in [0.4, 0.5) is 0 Å². The van der Waals surface area contributed by atoms with Gasteiger partial charge < -0.3 is 16.2 Å². The molecular formula is C9H18N2O3. The number of esters is 2. The highest BCUT2D eigenvalue weighted by atomic mass is 16.6. The SMILES string of the molecule is CCCCCC(=O)OC(=O)CC(N)N. The molecule has 14 heavy (non-hydrogen) atoms. The number of carbonyl (C=O) groups excluding carboxylic acids is 2. The second-order valence-corrected chi connectivity index (χ2v) is 3.17.